The number of hydrogen-bond donors (Lipinski definition) is 1. The third kappa shape index (κ3) is 4.01. The van der Waals surface area contributed by atoms with Gasteiger partial charge in [0.2, 0.25) is 11.8 Å². The second-order valence-electron chi connectivity index (χ2n) is 3.83. The van der Waals surface area contributed by atoms with Gasteiger partial charge in [-0.2, -0.15) is 0 Å². The van der Waals surface area contributed by atoms with Crippen LogP contribution >= 0.6 is 0 Å². The molecule has 1 unspecified atom stereocenters. The van der Waals surface area contributed by atoms with Gasteiger partial charge in [-0.1, -0.05) is 20.3 Å². The van der Waals surface area contributed by atoms with Crippen LogP contribution in [0.15, 0.2) is 12.4 Å². The van der Waals surface area contributed by atoms with Crippen LogP contribution < -0.4 is 10.1 Å². The summed E-state index contributed by atoms with van der Waals surface area (Å²) >= 11 is 0. The van der Waals surface area contributed by atoms with E-state index in [1.165, 1.54) is 19.5 Å². The summed E-state index contributed by atoms with van der Waals surface area (Å²) in [5.41, 5.74) is 0. The minimum Gasteiger partial charge on any atom is -0.480 e. The highest BCUT2D eigenvalue weighted by Gasteiger charge is 2.15. The van der Waals surface area contributed by atoms with E-state index in [4.69, 9.17) is 4.74 Å². The molecule has 94 valence electrons. The summed E-state index contributed by atoms with van der Waals surface area (Å²) in [4.78, 5) is 19.9. The van der Waals surface area contributed by atoms with E-state index in [9.17, 15) is 4.79 Å². The van der Waals surface area contributed by atoms with Crippen molar-refractivity contribution in [2.24, 2.45) is 5.92 Å². The topological polar surface area (TPSA) is 64.1 Å². The first kappa shape index (κ1) is 13.4. The number of nitrogens with zero attached hydrogens (tertiary/aromatic N) is 2. The molecule has 5 nitrogen and oxygen atoms in total. The van der Waals surface area contributed by atoms with Crippen LogP contribution in [-0.2, 0) is 4.79 Å². The fraction of sp³-hybridized carbons (Fsp3) is 0.583. The summed E-state index contributed by atoms with van der Waals surface area (Å²) in [6, 6.07) is 0. The molecule has 0 spiro atoms. The van der Waals surface area contributed by atoms with Crippen LogP contribution in [0.4, 0.5) is 5.82 Å². The van der Waals surface area contributed by atoms with Crippen molar-refractivity contribution in [2.75, 3.05) is 12.4 Å². The van der Waals surface area contributed by atoms with Crippen LogP contribution in [0.2, 0.25) is 0 Å². The van der Waals surface area contributed by atoms with Gasteiger partial charge in [0.05, 0.1) is 19.5 Å². The first-order valence-corrected chi connectivity index (χ1v) is 5.88. The van der Waals surface area contributed by atoms with E-state index in [2.05, 4.69) is 22.2 Å². The van der Waals surface area contributed by atoms with Gasteiger partial charge in [-0.3, -0.25) is 4.79 Å². The number of amides is 1. The summed E-state index contributed by atoms with van der Waals surface area (Å²) in [5, 5.41) is 2.76. The van der Waals surface area contributed by atoms with E-state index in [0.29, 0.717) is 11.7 Å². The molecule has 0 bridgehead atoms. The Bertz CT molecular complexity index is 351. The van der Waals surface area contributed by atoms with Gasteiger partial charge in [-0.25, -0.2) is 9.97 Å². The number of anilines is 1. The molecule has 1 atom stereocenters. The SMILES string of the molecule is CCCC(CC)C(=O)Nc1cnc(OC)cn1. The Morgan fingerprint density at radius 1 is 1.41 bits per heavy atom. The van der Waals surface area contributed by atoms with Gasteiger partial charge >= 0.3 is 0 Å². The Labute approximate surface area is 102 Å². The number of carbonyl (C=O) groups excluding carboxylic acids is 1. The monoisotopic (exact) mass is 237 g/mol. The van der Waals surface area contributed by atoms with Crippen molar-refractivity contribution in [3.05, 3.63) is 12.4 Å². The lowest BCUT2D eigenvalue weighted by molar-refractivity contribution is -0.120. The number of nitrogens with one attached hydrogen (secondary N) is 1. The predicted octanol–water partition coefficient (Wildman–Crippen LogP) is 2.25. The average molecular weight is 237 g/mol. The lowest BCUT2D eigenvalue weighted by atomic mass is 10.00. The molecule has 1 amide bonds. The number of ether oxygens (including phenoxy) is 1. The molecular formula is C12H19N3O2. The highest BCUT2D eigenvalue weighted by Crippen LogP contribution is 2.14. The Kier molecular flexibility index (Phi) is 5.39. The van der Waals surface area contributed by atoms with Crippen molar-refractivity contribution in [1.29, 1.82) is 0 Å². The highest BCUT2D eigenvalue weighted by molar-refractivity contribution is 5.91. The second kappa shape index (κ2) is 6.83. The first-order valence-electron chi connectivity index (χ1n) is 5.88. The molecule has 0 fully saturated rings. The summed E-state index contributed by atoms with van der Waals surface area (Å²) in [6.45, 7) is 4.09. The van der Waals surface area contributed by atoms with Crippen LogP contribution in [-0.4, -0.2) is 23.0 Å². The third-order valence-corrected chi connectivity index (χ3v) is 2.59. The van der Waals surface area contributed by atoms with Crippen molar-refractivity contribution < 1.29 is 9.53 Å². The molecule has 0 saturated heterocycles. The van der Waals surface area contributed by atoms with Gasteiger partial charge in [0.1, 0.15) is 0 Å². The minimum atomic E-state index is 0.00816. The van der Waals surface area contributed by atoms with Gasteiger partial charge in [0, 0.05) is 5.92 Å². The number of methoxy groups -OCH3 is 1. The molecule has 0 saturated carbocycles. The van der Waals surface area contributed by atoms with Crippen LogP contribution in [0.1, 0.15) is 33.1 Å². The summed E-state index contributed by atoms with van der Waals surface area (Å²) < 4.78 is 4.90. The van der Waals surface area contributed by atoms with E-state index in [-0.39, 0.29) is 11.8 Å². The largest absolute Gasteiger partial charge is 0.480 e. The number of carbonyl (C=O) groups is 1. The molecule has 1 rings (SSSR count). The van der Waals surface area contributed by atoms with E-state index >= 15 is 0 Å². The number of rotatable bonds is 6. The number of aromatic nitrogens is 2. The van der Waals surface area contributed by atoms with Crippen molar-refractivity contribution >= 4 is 11.7 Å². The molecular weight excluding hydrogens is 218 g/mol. The van der Waals surface area contributed by atoms with Crippen LogP contribution in [0, 0.1) is 5.92 Å². The van der Waals surface area contributed by atoms with Gasteiger partial charge in [0.25, 0.3) is 0 Å². The first-order chi connectivity index (χ1) is 8.21. The molecule has 1 aromatic heterocycles. The fourth-order valence-corrected chi connectivity index (χ4v) is 1.58. The fourth-order valence-electron chi connectivity index (χ4n) is 1.58. The lowest BCUT2D eigenvalue weighted by Gasteiger charge is -2.13. The van der Waals surface area contributed by atoms with Gasteiger partial charge in [-0.15, -0.1) is 0 Å². The van der Waals surface area contributed by atoms with Gasteiger partial charge < -0.3 is 10.1 Å². The van der Waals surface area contributed by atoms with Crippen LogP contribution in [0.5, 0.6) is 5.88 Å². The zero-order valence-electron chi connectivity index (χ0n) is 10.6. The normalized spacial score (nSPS) is 11.9. The quantitative estimate of drug-likeness (QED) is 0.824. The van der Waals surface area contributed by atoms with Gasteiger partial charge in [0.15, 0.2) is 5.82 Å². The maximum atomic E-state index is 11.9. The van der Waals surface area contributed by atoms with E-state index < -0.39 is 0 Å². The average Bonchev–Trinajstić information content (AvgIpc) is 2.36. The van der Waals surface area contributed by atoms with Crippen LogP contribution in [0.3, 0.4) is 0 Å². The molecule has 1 heterocycles. The molecule has 0 aliphatic heterocycles. The Morgan fingerprint density at radius 2 is 2.18 bits per heavy atom. The smallest absolute Gasteiger partial charge is 0.232 e. The molecule has 0 aliphatic carbocycles. The van der Waals surface area contributed by atoms with Crippen molar-refractivity contribution in [3.8, 4) is 5.88 Å². The zero-order chi connectivity index (χ0) is 12.7. The Hall–Kier alpha value is -1.65. The summed E-state index contributed by atoms with van der Waals surface area (Å²) in [7, 11) is 1.52. The van der Waals surface area contributed by atoms with E-state index in [1.807, 2.05) is 6.92 Å². The van der Waals surface area contributed by atoms with Crippen LogP contribution in [0.25, 0.3) is 0 Å². The van der Waals surface area contributed by atoms with Gasteiger partial charge in [-0.05, 0) is 12.8 Å². The predicted molar refractivity (Wildman–Crippen MR) is 65.9 cm³/mol. The minimum absolute atomic E-state index is 0.00816. The standard InChI is InChI=1S/C12H19N3O2/c1-4-6-9(5-2)12(16)15-10-7-14-11(17-3)8-13-10/h7-9H,4-6H2,1-3H3,(H,13,15,16). The Morgan fingerprint density at radius 3 is 2.65 bits per heavy atom. The maximum absolute atomic E-state index is 11.9. The number of hydrogen-bond acceptors (Lipinski definition) is 4. The summed E-state index contributed by atoms with van der Waals surface area (Å²) in [6.07, 6.45) is 5.71. The highest BCUT2D eigenvalue weighted by atomic mass is 16.5. The van der Waals surface area contributed by atoms with Crippen molar-refractivity contribution in [1.82, 2.24) is 9.97 Å². The molecule has 17 heavy (non-hydrogen) atoms. The third-order valence-electron chi connectivity index (χ3n) is 2.59. The molecule has 0 radical (unpaired) electrons. The van der Waals surface area contributed by atoms with Crippen molar-refractivity contribution in [2.45, 2.75) is 33.1 Å². The van der Waals surface area contributed by atoms with Crippen molar-refractivity contribution in [3.63, 3.8) is 0 Å². The molecule has 5 heteroatoms. The Balaban J connectivity index is 2.59. The maximum Gasteiger partial charge on any atom is 0.232 e. The zero-order valence-corrected chi connectivity index (χ0v) is 10.6. The molecule has 0 aliphatic rings. The molecule has 1 aromatic rings. The second-order valence-corrected chi connectivity index (χ2v) is 3.83. The van der Waals surface area contributed by atoms with E-state index in [0.717, 1.165) is 19.3 Å². The lowest BCUT2D eigenvalue weighted by Crippen LogP contribution is -2.22. The molecule has 1 N–H and O–H groups in total. The van der Waals surface area contributed by atoms with E-state index in [1.54, 1.807) is 0 Å². The molecule has 0 aromatic carbocycles. The summed E-state index contributed by atoms with van der Waals surface area (Å²) in [5.74, 6) is 0.951.